The maximum atomic E-state index is 15.2. The molecule has 1 unspecified atom stereocenters. The molecule has 0 radical (unpaired) electrons. The van der Waals surface area contributed by atoms with Gasteiger partial charge in [-0.3, -0.25) is 4.79 Å². The van der Waals surface area contributed by atoms with Gasteiger partial charge in [-0.1, -0.05) is 53.2 Å². The second-order valence-electron chi connectivity index (χ2n) is 25.7. The number of rotatable bonds is 17. The van der Waals surface area contributed by atoms with E-state index in [2.05, 4.69) is 33.8 Å². The summed E-state index contributed by atoms with van der Waals surface area (Å²) in [5.74, 6) is 0.195. The minimum atomic E-state index is -1.78. The number of aliphatic hydroxyl groups is 15. The van der Waals surface area contributed by atoms with Gasteiger partial charge in [-0.2, -0.15) is 0 Å². The first-order valence-corrected chi connectivity index (χ1v) is 27.9. The molecule has 24 nitrogen and oxygen atoms in total. The number of aliphatic hydroxyl groups excluding tert-OH is 14. The van der Waals surface area contributed by atoms with Crippen LogP contribution in [0.15, 0.2) is 11.6 Å². The van der Waals surface area contributed by atoms with Crippen LogP contribution in [0, 0.1) is 45.3 Å². The van der Waals surface area contributed by atoms with E-state index in [1.54, 1.807) is 13.8 Å². The highest BCUT2D eigenvalue weighted by molar-refractivity contribution is 5.88. The molecule has 24 heteroatoms. The zero-order valence-electron chi connectivity index (χ0n) is 46.0. The molecule has 0 aromatic heterocycles. The van der Waals surface area contributed by atoms with Gasteiger partial charge >= 0.3 is 0 Å². The van der Waals surface area contributed by atoms with Gasteiger partial charge in [0.1, 0.15) is 103 Å². The first kappa shape index (κ1) is 62.5. The van der Waals surface area contributed by atoms with Crippen molar-refractivity contribution in [1.29, 1.82) is 0 Å². The number of ketones is 1. The molecular formula is C54H90O24. The highest BCUT2D eigenvalue weighted by Crippen LogP contribution is 2.74. The Labute approximate surface area is 454 Å². The molecule has 15 N–H and O–H groups in total. The fourth-order valence-electron chi connectivity index (χ4n) is 15.3. The van der Waals surface area contributed by atoms with Crippen LogP contribution < -0.4 is 0 Å². The molecule has 4 aliphatic heterocycles. The Morgan fingerprint density at radius 3 is 1.56 bits per heavy atom. The summed E-state index contributed by atoms with van der Waals surface area (Å²) < 4.78 is 46.8. The van der Waals surface area contributed by atoms with Crippen molar-refractivity contribution in [2.45, 2.75) is 247 Å². The highest BCUT2D eigenvalue weighted by atomic mass is 16.7. The van der Waals surface area contributed by atoms with Crippen LogP contribution in [0.25, 0.3) is 0 Å². The Balaban J connectivity index is 0.910. The second kappa shape index (κ2) is 23.5. The van der Waals surface area contributed by atoms with Crippen molar-refractivity contribution in [3.8, 4) is 0 Å². The molecule has 4 saturated heterocycles. The highest BCUT2D eigenvalue weighted by Gasteiger charge is 2.70. The summed E-state index contributed by atoms with van der Waals surface area (Å²) in [4.78, 5) is 15.2. The number of fused-ring (bicyclic) bond motifs is 5. The van der Waals surface area contributed by atoms with Crippen LogP contribution in [-0.2, 0) is 42.7 Å². The van der Waals surface area contributed by atoms with Gasteiger partial charge in [-0.15, -0.1) is 0 Å². The Hall–Kier alpha value is -1.51. The van der Waals surface area contributed by atoms with Gasteiger partial charge in [0.15, 0.2) is 25.2 Å². The Kier molecular flexibility index (Phi) is 18.8. The van der Waals surface area contributed by atoms with E-state index in [4.69, 9.17) is 37.9 Å². The van der Waals surface area contributed by atoms with Crippen LogP contribution in [0.5, 0.6) is 0 Å². The largest absolute Gasteiger partial charge is 0.394 e. The lowest BCUT2D eigenvalue weighted by Gasteiger charge is -2.65. The van der Waals surface area contributed by atoms with Crippen LogP contribution in [0.1, 0.15) is 107 Å². The number of allylic oxidation sites excluding steroid dienone is 1. The molecule has 450 valence electrons. The van der Waals surface area contributed by atoms with Gasteiger partial charge in [-0.05, 0) is 93.3 Å². The van der Waals surface area contributed by atoms with E-state index < -0.39 is 183 Å². The lowest BCUT2D eigenvalue weighted by atomic mass is 9.38. The van der Waals surface area contributed by atoms with E-state index in [-0.39, 0.29) is 41.3 Å². The standard InChI is InChI=1S/C54H90O24/c1-22(9-13-33(51(4,5)70)78-49-45(69)41(65)37(61)29(76-49)21-72-47-43(67)39(63)35(59)27(19-56)74-47)23-15-16-52(6)30-12-10-24-25(54(30,8)31(57)17-53(23,52)7)11-14-32(50(24,2)3)77-48-44(68)40(64)36(60)28(75-48)20-71-46-42(66)38(62)34(58)26(18-55)73-46/h10,22-23,25-30,32-49,55-56,58-70H,9,11-21H2,1-8H3/t22-,23?,25-,26+,27+,28+,29+,30-,32+,33+,34+,35+,36+,37+,38-,39-,40-,41-,42+,43+,44+,45+,46+,47+,48-,49-,52+,53-,54+/m0/s1. The van der Waals surface area contributed by atoms with Crippen molar-refractivity contribution >= 4 is 5.78 Å². The summed E-state index contributed by atoms with van der Waals surface area (Å²) in [5.41, 5.74) is -2.49. The zero-order chi connectivity index (χ0) is 57.5. The SMILES string of the molecule is C[C@@H](CC[C@@H](O[C@@H]1O[C@H](CO[C@@H]2O[C@H](CO)[C@@H](O)[C@H](O)[C@H]2O)[C@@H](O)[C@H](O)[C@H]1O)C(C)(C)O)C1CC[C@]2(C)[C@@H]3CC=C4[C@H](CC[C@@H](O[C@@H]5O[C@H](CO[C@@H]6O[C@H](CO)[C@@H](O)[C@H](O)[C@H]6O)[C@@H](O)[C@H](O)[C@H]5O)C4(C)C)[C@@]3(C)C(=O)C[C@@]12C. The quantitative estimate of drug-likeness (QED) is 0.0645. The molecule has 0 aromatic rings. The van der Waals surface area contributed by atoms with E-state index in [0.29, 0.717) is 32.1 Å². The number of hydrogen-bond donors (Lipinski definition) is 15. The lowest BCUT2D eigenvalue weighted by molar-refractivity contribution is -0.341. The summed E-state index contributed by atoms with van der Waals surface area (Å²) in [6, 6.07) is 0. The number of ether oxygens (including phenoxy) is 8. The van der Waals surface area contributed by atoms with Gasteiger partial charge < -0.3 is 114 Å². The van der Waals surface area contributed by atoms with Crippen molar-refractivity contribution in [2.75, 3.05) is 26.4 Å². The smallest absolute Gasteiger partial charge is 0.187 e. The molecule has 8 aliphatic rings. The molecule has 0 bridgehead atoms. The number of hydrogen-bond acceptors (Lipinski definition) is 24. The van der Waals surface area contributed by atoms with E-state index in [9.17, 15) is 76.6 Å². The minimum absolute atomic E-state index is 0.00290. The maximum Gasteiger partial charge on any atom is 0.187 e. The van der Waals surface area contributed by atoms with E-state index in [1.165, 1.54) is 0 Å². The van der Waals surface area contributed by atoms with Crippen molar-refractivity contribution < 1.29 is 119 Å². The van der Waals surface area contributed by atoms with Gasteiger partial charge in [-0.25, -0.2) is 0 Å². The Morgan fingerprint density at radius 2 is 1.06 bits per heavy atom. The fourth-order valence-corrected chi connectivity index (χ4v) is 15.3. The average Bonchev–Trinajstić information content (AvgIpc) is 2.95. The predicted octanol–water partition coefficient (Wildman–Crippen LogP) is -3.02. The Morgan fingerprint density at radius 1 is 0.603 bits per heavy atom. The van der Waals surface area contributed by atoms with Crippen molar-refractivity contribution in [3.63, 3.8) is 0 Å². The molecule has 0 aromatic carbocycles. The zero-order valence-corrected chi connectivity index (χ0v) is 46.0. The molecule has 29 atom stereocenters. The lowest BCUT2D eigenvalue weighted by Crippen LogP contribution is -2.64. The Bertz CT molecular complexity index is 2070. The van der Waals surface area contributed by atoms with Crippen LogP contribution >= 0.6 is 0 Å². The summed E-state index contributed by atoms with van der Waals surface area (Å²) in [5, 5.41) is 158. The molecule has 0 amide bonds. The number of carbonyl (C=O) groups excluding carboxylic acids is 1. The van der Waals surface area contributed by atoms with Gasteiger partial charge in [0.05, 0.1) is 44.2 Å². The van der Waals surface area contributed by atoms with Crippen LogP contribution in [0.2, 0.25) is 0 Å². The molecule has 8 rings (SSSR count). The molecule has 7 fully saturated rings. The molecule has 78 heavy (non-hydrogen) atoms. The maximum absolute atomic E-state index is 15.2. The van der Waals surface area contributed by atoms with Crippen LogP contribution in [0.4, 0.5) is 0 Å². The third kappa shape index (κ3) is 11.0. The minimum Gasteiger partial charge on any atom is -0.394 e. The summed E-state index contributed by atoms with van der Waals surface area (Å²) >= 11 is 0. The number of Topliss-reactive ketones (excluding diaryl/α,β-unsaturated/α-hetero) is 1. The third-order valence-electron chi connectivity index (χ3n) is 20.5. The second-order valence-corrected chi connectivity index (χ2v) is 25.7. The van der Waals surface area contributed by atoms with Crippen molar-refractivity contribution in [1.82, 2.24) is 0 Å². The van der Waals surface area contributed by atoms with Crippen LogP contribution in [-0.4, -0.2) is 249 Å². The van der Waals surface area contributed by atoms with Crippen molar-refractivity contribution in [2.24, 2.45) is 45.3 Å². The van der Waals surface area contributed by atoms with Gasteiger partial charge in [0.2, 0.25) is 0 Å². The first-order valence-electron chi connectivity index (χ1n) is 27.9. The summed E-state index contributed by atoms with van der Waals surface area (Å²) in [6.07, 6.45) is -26.3. The average molecular weight is 1120 g/mol. The van der Waals surface area contributed by atoms with E-state index in [1.807, 2.05) is 13.8 Å². The van der Waals surface area contributed by atoms with Crippen molar-refractivity contribution in [3.05, 3.63) is 11.6 Å². The third-order valence-corrected chi connectivity index (χ3v) is 20.5. The molecule has 0 spiro atoms. The molecule has 4 heterocycles. The van der Waals surface area contributed by atoms with Gasteiger partial charge in [0, 0.05) is 17.3 Å². The monoisotopic (exact) mass is 1120 g/mol. The number of carbonyl (C=O) groups is 1. The summed E-state index contributed by atoms with van der Waals surface area (Å²) in [6.45, 7) is 13.6. The first-order chi connectivity index (χ1) is 36.4. The predicted molar refractivity (Wildman–Crippen MR) is 267 cm³/mol. The normalized spacial score (nSPS) is 50.5. The fraction of sp³-hybridized carbons (Fsp3) is 0.944. The van der Waals surface area contributed by atoms with Crippen LogP contribution in [0.3, 0.4) is 0 Å². The molecule has 3 saturated carbocycles. The topological polar surface area (TPSA) is 394 Å². The van der Waals surface area contributed by atoms with Gasteiger partial charge in [0.25, 0.3) is 0 Å². The summed E-state index contributed by atoms with van der Waals surface area (Å²) in [7, 11) is 0. The molecule has 4 aliphatic carbocycles. The van der Waals surface area contributed by atoms with E-state index in [0.717, 1.165) is 18.4 Å². The molecular weight excluding hydrogens is 1030 g/mol. The van der Waals surface area contributed by atoms with E-state index >= 15 is 4.79 Å².